The third-order valence-corrected chi connectivity index (χ3v) is 4.50. The van der Waals surface area contributed by atoms with Crippen molar-refractivity contribution in [2.45, 2.75) is 47.0 Å². The summed E-state index contributed by atoms with van der Waals surface area (Å²) in [5.74, 6) is 1.16. The molecule has 1 atom stereocenters. The molecule has 0 fully saturated rings. The zero-order valence-corrected chi connectivity index (χ0v) is 15.3. The van der Waals surface area contributed by atoms with Crippen LogP contribution in [0.25, 0.3) is 0 Å². The van der Waals surface area contributed by atoms with E-state index in [9.17, 15) is 4.79 Å². The predicted molar refractivity (Wildman–Crippen MR) is 99.9 cm³/mol. The van der Waals surface area contributed by atoms with Gasteiger partial charge in [-0.2, -0.15) is 0 Å². The largest absolute Gasteiger partial charge is 0.483 e. The minimum absolute atomic E-state index is 0.0108. The molecular weight excluding hydrogens is 298 g/mol. The topological polar surface area (TPSA) is 38.3 Å². The molecule has 128 valence electrons. The van der Waals surface area contributed by atoms with Crippen molar-refractivity contribution in [1.82, 2.24) is 0 Å². The van der Waals surface area contributed by atoms with Gasteiger partial charge in [-0.15, -0.1) is 0 Å². The maximum absolute atomic E-state index is 12.1. The number of carbonyl (C=O) groups excluding carboxylic acids is 1. The molecule has 0 heterocycles. The highest BCUT2D eigenvalue weighted by molar-refractivity contribution is 5.91. The Kier molecular flexibility index (Phi) is 6.02. The molecule has 1 N–H and O–H groups in total. The van der Waals surface area contributed by atoms with Gasteiger partial charge >= 0.3 is 0 Å². The monoisotopic (exact) mass is 325 g/mol. The van der Waals surface area contributed by atoms with Gasteiger partial charge in [-0.3, -0.25) is 4.79 Å². The number of ether oxygens (including phenoxy) is 1. The highest BCUT2D eigenvalue weighted by Gasteiger charge is 2.08. The molecule has 0 saturated carbocycles. The van der Waals surface area contributed by atoms with Crippen LogP contribution in [0.2, 0.25) is 0 Å². The average Bonchev–Trinajstić information content (AvgIpc) is 2.56. The van der Waals surface area contributed by atoms with Crippen LogP contribution in [0.5, 0.6) is 5.75 Å². The summed E-state index contributed by atoms with van der Waals surface area (Å²) >= 11 is 0. The first-order valence-corrected chi connectivity index (χ1v) is 8.51. The Labute approximate surface area is 145 Å². The van der Waals surface area contributed by atoms with Gasteiger partial charge in [0, 0.05) is 5.69 Å². The zero-order valence-electron chi connectivity index (χ0n) is 15.3. The van der Waals surface area contributed by atoms with E-state index in [1.165, 1.54) is 11.1 Å². The molecule has 0 aliphatic rings. The summed E-state index contributed by atoms with van der Waals surface area (Å²) in [4.78, 5) is 12.1. The number of carbonyl (C=O) groups is 1. The maximum Gasteiger partial charge on any atom is 0.262 e. The second-order valence-electron chi connectivity index (χ2n) is 6.47. The van der Waals surface area contributed by atoms with Crippen molar-refractivity contribution in [3.05, 3.63) is 58.7 Å². The molecule has 3 nitrogen and oxygen atoms in total. The number of amides is 1. The number of benzene rings is 2. The molecule has 3 heteroatoms. The van der Waals surface area contributed by atoms with E-state index in [-0.39, 0.29) is 12.5 Å². The van der Waals surface area contributed by atoms with Crippen molar-refractivity contribution in [3.63, 3.8) is 0 Å². The van der Waals surface area contributed by atoms with Gasteiger partial charge in [0.05, 0.1) is 0 Å². The minimum atomic E-state index is -0.148. The van der Waals surface area contributed by atoms with E-state index in [1.54, 1.807) is 0 Å². The van der Waals surface area contributed by atoms with Gasteiger partial charge in [0.25, 0.3) is 5.91 Å². The predicted octanol–water partition coefficient (Wildman–Crippen LogP) is 5.14. The van der Waals surface area contributed by atoms with E-state index >= 15 is 0 Å². The smallest absolute Gasteiger partial charge is 0.262 e. The first-order valence-electron chi connectivity index (χ1n) is 8.51. The van der Waals surface area contributed by atoms with Gasteiger partial charge in [-0.05, 0) is 73.6 Å². The van der Waals surface area contributed by atoms with E-state index in [2.05, 4.69) is 37.4 Å². The Bertz CT molecular complexity index is 705. The van der Waals surface area contributed by atoms with Crippen LogP contribution >= 0.6 is 0 Å². The molecule has 0 spiro atoms. The fraction of sp³-hybridized carbons (Fsp3) is 0.381. The van der Waals surface area contributed by atoms with Crippen LogP contribution in [0.3, 0.4) is 0 Å². The standard InChI is InChI=1S/C21H27NO2/c1-6-15(3)18-7-9-19(10-8-18)22-21(23)13-24-20-12-14(2)11-16(4)17(20)5/h7-12,15H,6,13H2,1-5H3,(H,22,23)/t15-/m0/s1. The van der Waals surface area contributed by atoms with Crippen molar-refractivity contribution in [2.24, 2.45) is 0 Å². The maximum atomic E-state index is 12.1. The van der Waals surface area contributed by atoms with Crippen LogP contribution in [-0.2, 0) is 4.79 Å². The molecule has 0 aliphatic carbocycles. The highest BCUT2D eigenvalue weighted by Crippen LogP contribution is 2.23. The van der Waals surface area contributed by atoms with Crippen LogP contribution in [-0.4, -0.2) is 12.5 Å². The normalized spacial score (nSPS) is 11.9. The molecule has 2 aromatic carbocycles. The number of anilines is 1. The first-order chi connectivity index (χ1) is 11.4. The van der Waals surface area contributed by atoms with E-state index in [0.29, 0.717) is 5.92 Å². The van der Waals surface area contributed by atoms with Crippen LogP contribution in [0.15, 0.2) is 36.4 Å². The summed E-state index contributed by atoms with van der Waals surface area (Å²) in [5.41, 5.74) is 5.47. The zero-order chi connectivity index (χ0) is 17.7. The first kappa shape index (κ1) is 18.1. The van der Waals surface area contributed by atoms with Crippen molar-refractivity contribution in [2.75, 3.05) is 11.9 Å². The second-order valence-corrected chi connectivity index (χ2v) is 6.47. The molecule has 2 rings (SSSR count). The molecule has 1 amide bonds. The Hall–Kier alpha value is -2.29. The van der Waals surface area contributed by atoms with Crippen LogP contribution in [0.1, 0.15) is 48.4 Å². The van der Waals surface area contributed by atoms with Crippen molar-refractivity contribution in [1.29, 1.82) is 0 Å². The number of nitrogens with one attached hydrogen (secondary N) is 1. The molecule has 0 aromatic heterocycles. The number of hydrogen-bond donors (Lipinski definition) is 1. The second kappa shape index (κ2) is 8.00. The lowest BCUT2D eigenvalue weighted by atomic mass is 9.99. The lowest BCUT2D eigenvalue weighted by Gasteiger charge is -2.13. The Balaban J connectivity index is 1.94. The lowest BCUT2D eigenvalue weighted by molar-refractivity contribution is -0.118. The van der Waals surface area contributed by atoms with Gasteiger partial charge < -0.3 is 10.1 Å². The summed E-state index contributed by atoms with van der Waals surface area (Å²) in [5, 5.41) is 2.88. The van der Waals surface area contributed by atoms with Crippen LogP contribution in [0.4, 0.5) is 5.69 Å². The Morgan fingerprint density at radius 3 is 2.42 bits per heavy atom. The molecular formula is C21H27NO2. The number of hydrogen-bond acceptors (Lipinski definition) is 2. The molecule has 0 aliphatic heterocycles. The molecule has 0 radical (unpaired) electrons. The average molecular weight is 325 g/mol. The summed E-state index contributed by atoms with van der Waals surface area (Å²) in [7, 11) is 0. The fourth-order valence-corrected chi connectivity index (χ4v) is 2.62. The Morgan fingerprint density at radius 2 is 1.79 bits per heavy atom. The van der Waals surface area contributed by atoms with Gasteiger partial charge in [-0.25, -0.2) is 0 Å². The third kappa shape index (κ3) is 4.60. The van der Waals surface area contributed by atoms with Crippen molar-refractivity contribution in [3.8, 4) is 5.75 Å². The molecule has 0 saturated heterocycles. The minimum Gasteiger partial charge on any atom is -0.483 e. The third-order valence-electron chi connectivity index (χ3n) is 4.50. The molecule has 2 aromatic rings. The fourth-order valence-electron chi connectivity index (χ4n) is 2.62. The van der Waals surface area contributed by atoms with Gasteiger partial charge in [0.2, 0.25) is 0 Å². The van der Waals surface area contributed by atoms with E-state index in [0.717, 1.165) is 29.0 Å². The van der Waals surface area contributed by atoms with Gasteiger partial charge in [-0.1, -0.05) is 32.0 Å². The van der Waals surface area contributed by atoms with E-state index in [1.807, 2.05) is 39.0 Å². The molecule has 0 unspecified atom stereocenters. The summed E-state index contributed by atoms with van der Waals surface area (Å²) in [6.45, 7) is 10.5. The quantitative estimate of drug-likeness (QED) is 0.798. The number of rotatable bonds is 6. The van der Waals surface area contributed by atoms with Gasteiger partial charge in [0.15, 0.2) is 6.61 Å². The lowest BCUT2D eigenvalue weighted by Crippen LogP contribution is -2.20. The summed E-state index contributed by atoms with van der Waals surface area (Å²) < 4.78 is 5.70. The van der Waals surface area contributed by atoms with Crippen molar-refractivity contribution >= 4 is 11.6 Å². The van der Waals surface area contributed by atoms with Crippen LogP contribution in [0, 0.1) is 20.8 Å². The number of aryl methyl sites for hydroxylation is 2. The van der Waals surface area contributed by atoms with Crippen molar-refractivity contribution < 1.29 is 9.53 Å². The van der Waals surface area contributed by atoms with E-state index < -0.39 is 0 Å². The summed E-state index contributed by atoms with van der Waals surface area (Å²) in [6.07, 6.45) is 1.11. The highest BCUT2D eigenvalue weighted by atomic mass is 16.5. The molecule has 24 heavy (non-hydrogen) atoms. The SMILES string of the molecule is CC[C@H](C)c1ccc(NC(=O)COc2cc(C)cc(C)c2C)cc1. The van der Waals surface area contributed by atoms with Gasteiger partial charge in [0.1, 0.15) is 5.75 Å². The van der Waals surface area contributed by atoms with E-state index in [4.69, 9.17) is 4.74 Å². The Morgan fingerprint density at radius 1 is 1.12 bits per heavy atom. The summed E-state index contributed by atoms with van der Waals surface area (Å²) in [6, 6.07) is 12.1. The van der Waals surface area contributed by atoms with Crippen LogP contribution < -0.4 is 10.1 Å². The molecule has 0 bridgehead atoms.